The van der Waals surface area contributed by atoms with Crippen molar-refractivity contribution in [2.24, 2.45) is 0 Å². The lowest BCUT2D eigenvalue weighted by Crippen LogP contribution is -2.29. The number of aryl methyl sites for hydroxylation is 3. The highest BCUT2D eigenvalue weighted by molar-refractivity contribution is 7.80. The molecule has 122 valence electrons. The summed E-state index contributed by atoms with van der Waals surface area (Å²) < 4.78 is 5.24. The Balaban J connectivity index is 1.73. The number of thiocarbonyl (C=S) groups is 1. The summed E-state index contributed by atoms with van der Waals surface area (Å²) in [6.07, 6.45) is 2.01. The SMILES string of the molecule is COc1cccc(CCCNC(=S)Nc2ccc(C)c(C)c2)c1. The molecule has 0 atom stereocenters. The van der Waals surface area contributed by atoms with E-state index in [1.165, 1.54) is 16.7 Å². The molecule has 2 rings (SSSR count). The summed E-state index contributed by atoms with van der Waals surface area (Å²) in [6, 6.07) is 14.4. The highest BCUT2D eigenvalue weighted by Crippen LogP contribution is 2.15. The Morgan fingerprint density at radius 2 is 1.91 bits per heavy atom. The minimum Gasteiger partial charge on any atom is -0.497 e. The van der Waals surface area contributed by atoms with Crippen LogP contribution in [0.25, 0.3) is 0 Å². The van der Waals surface area contributed by atoms with E-state index in [-0.39, 0.29) is 0 Å². The van der Waals surface area contributed by atoms with E-state index in [4.69, 9.17) is 17.0 Å². The van der Waals surface area contributed by atoms with Gasteiger partial charge < -0.3 is 15.4 Å². The van der Waals surface area contributed by atoms with Crippen LogP contribution < -0.4 is 15.4 Å². The number of methoxy groups -OCH3 is 1. The Labute approximate surface area is 144 Å². The first-order chi connectivity index (χ1) is 11.1. The molecule has 0 amide bonds. The van der Waals surface area contributed by atoms with Crippen molar-refractivity contribution in [3.63, 3.8) is 0 Å². The molecule has 0 aliphatic heterocycles. The van der Waals surface area contributed by atoms with Crippen molar-refractivity contribution < 1.29 is 4.74 Å². The van der Waals surface area contributed by atoms with Crippen molar-refractivity contribution >= 4 is 23.0 Å². The summed E-state index contributed by atoms with van der Waals surface area (Å²) in [7, 11) is 1.69. The van der Waals surface area contributed by atoms with Gasteiger partial charge in [0.25, 0.3) is 0 Å². The molecule has 0 radical (unpaired) electrons. The maximum atomic E-state index is 5.34. The number of hydrogen-bond acceptors (Lipinski definition) is 2. The second-order valence-corrected chi connectivity index (χ2v) is 6.04. The van der Waals surface area contributed by atoms with E-state index in [1.54, 1.807) is 7.11 Å². The molecule has 0 saturated carbocycles. The Kier molecular flexibility index (Phi) is 6.41. The Hall–Kier alpha value is -2.07. The topological polar surface area (TPSA) is 33.3 Å². The molecule has 2 aromatic rings. The number of benzene rings is 2. The van der Waals surface area contributed by atoms with Gasteiger partial charge in [-0.25, -0.2) is 0 Å². The van der Waals surface area contributed by atoms with E-state index in [9.17, 15) is 0 Å². The zero-order valence-electron chi connectivity index (χ0n) is 14.0. The minimum absolute atomic E-state index is 0.666. The molecule has 2 aromatic carbocycles. The monoisotopic (exact) mass is 328 g/mol. The quantitative estimate of drug-likeness (QED) is 0.614. The van der Waals surface area contributed by atoms with Gasteiger partial charge in [0.15, 0.2) is 5.11 Å². The predicted molar refractivity (Wildman–Crippen MR) is 101 cm³/mol. The van der Waals surface area contributed by atoms with Gasteiger partial charge in [-0.1, -0.05) is 18.2 Å². The van der Waals surface area contributed by atoms with Gasteiger partial charge in [0.05, 0.1) is 7.11 Å². The maximum absolute atomic E-state index is 5.34. The number of ether oxygens (including phenoxy) is 1. The highest BCUT2D eigenvalue weighted by Gasteiger charge is 2.00. The number of rotatable bonds is 6. The van der Waals surface area contributed by atoms with Gasteiger partial charge in [-0.05, 0) is 79.9 Å². The lowest BCUT2D eigenvalue weighted by atomic mass is 10.1. The van der Waals surface area contributed by atoms with Crippen molar-refractivity contribution in [2.45, 2.75) is 26.7 Å². The molecular weight excluding hydrogens is 304 g/mol. The summed E-state index contributed by atoms with van der Waals surface area (Å²) >= 11 is 5.34. The molecule has 0 heterocycles. The van der Waals surface area contributed by atoms with Gasteiger partial charge in [-0.3, -0.25) is 0 Å². The van der Waals surface area contributed by atoms with Crippen LogP contribution in [-0.4, -0.2) is 18.8 Å². The van der Waals surface area contributed by atoms with Crippen LogP contribution in [0.5, 0.6) is 5.75 Å². The van der Waals surface area contributed by atoms with E-state index < -0.39 is 0 Å². The lowest BCUT2D eigenvalue weighted by Gasteiger charge is -2.12. The van der Waals surface area contributed by atoms with Crippen molar-refractivity contribution in [1.29, 1.82) is 0 Å². The van der Waals surface area contributed by atoms with Crippen LogP contribution in [0.2, 0.25) is 0 Å². The fraction of sp³-hybridized carbons (Fsp3) is 0.316. The van der Waals surface area contributed by atoms with E-state index >= 15 is 0 Å². The molecule has 0 saturated heterocycles. The molecule has 0 spiro atoms. The number of nitrogens with one attached hydrogen (secondary N) is 2. The zero-order valence-corrected chi connectivity index (χ0v) is 14.8. The standard InChI is InChI=1S/C19H24N2OS/c1-14-9-10-17(12-15(14)2)21-19(23)20-11-5-7-16-6-4-8-18(13-16)22-3/h4,6,8-10,12-13H,5,7,11H2,1-3H3,(H2,20,21,23). The fourth-order valence-electron chi connectivity index (χ4n) is 2.32. The normalized spacial score (nSPS) is 10.2. The summed E-state index contributed by atoms with van der Waals surface area (Å²) in [4.78, 5) is 0. The zero-order chi connectivity index (χ0) is 16.7. The summed E-state index contributed by atoms with van der Waals surface area (Å²) in [5.41, 5.74) is 4.85. The second kappa shape index (κ2) is 8.53. The average molecular weight is 328 g/mol. The van der Waals surface area contributed by atoms with E-state index in [1.807, 2.05) is 18.2 Å². The molecule has 0 aromatic heterocycles. The Bertz CT molecular complexity index is 670. The van der Waals surface area contributed by atoms with Gasteiger partial charge in [0.1, 0.15) is 5.75 Å². The molecule has 23 heavy (non-hydrogen) atoms. The van der Waals surface area contributed by atoms with Crippen LogP contribution in [0.1, 0.15) is 23.1 Å². The van der Waals surface area contributed by atoms with Crippen LogP contribution >= 0.6 is 12.2 Å². The van der Waals surface area contributed by atoms with Crippen molar-refractivity contribution in [2.75, 3.05) is 19.0 Å². The molecule has 3 nitrogen and oxygen atoms in total. The maximum Gasteiger partial charge on any atom is 0.170 e. The van der Waals surface area contributed by atoms with Crippen molar-refractivity contribution in [1.82, 2.24) is 5.32 Å². The largest absolute Gasteiger partial charge is 0.497 e. The van der Waals surface area contributed by atoms with Gasteiger partial charge >= 0.3 is 0 Å². The summed E-state index contributed by atoms with van der Waals surface area (Å²) in [5.74, 6) is 0.905. The third-order valence-corrected chi connectivity index (χ3v) is 4.07. The molecule has 4 heteroatoms. The first kappa shape index (κ1) is 17.3. The third-order valence-electron chi connectivity index (χ3n) is 3.83. The third kappa shape index (κ3) is 5.57. The van der Waals surface area contributed by atoms with E-state index in [0.29, 0.717) is 5.11 Å². The lowest BCUT2D eigenvalue weighted by molar-refractivity contribution is 0.414. The van der Waals surface area contributed by atoms with E-state index in [0.717, 1.165) is 30.8 Å². The predicted octanol–water partition coefficient (Wildman–Crippen LogP) is 4.23. The summed E-state index contributed by atoms with van der Waals surface area (Å²) in [5, 5.41) is 7.15. The molecule has 0 unspecified atom stereocenters. The average Bonchev–Trinajstić information content (AvgIpc) is 2.55. The fourth-order valence-corrected chi connectivity index (χ4v) is 2.54. The molecule has 2 N–H and O–H groups in total. The van der Waals surface area contributed by atoms with Crippen LogP contribution in [0.15, 0.2) is 42.5 Å². The van der Waals surface area contributed by atoms with Crippen LogP contribution in [0, 0.1) is 13.8 Å². The smallest absolute Gasteiger partial charge is 0.170 e. The van der Waals surface area contributed by atoms with E-state index in [2.05, 4.69) is 48.7 Å². The first-order valence-corrected chi connectivity index (χ1v) is 8.24. The molecular formula is C19H24N2OS. The van der Waals surface area contributed by atoms with Crippen LogP contribution in [0.4, 0.5) is 5.69 Å². The number of hydrogen-bond donors (Lipinski definition) is 2. The molecule has 0 aliphatic carbocycles. The van der Waals surface area contributed by atoms with Crippen LogP contribution in [0.3, 0.4) is 0 Å². The van der Waals surface area contributed by atoms with Crippen molar-refractivity contribution in [3.8, 4) is 5.75 Å². The molecule has 0 bridgehead atoms. The minimum atomic E-state index is 0.666. The summed E-state index contributed by atoms with van der Waals surface area (Å²) in [6.45, 7) is 5.05. The van der Waals surface area contributed by atoms with Crippen molar-refractivity contribution in [3.05, 3.63) is 59.2 Å². The first-order valence-electron chi connectivity index (χ1n) is 7.83. The van der Waals surface area contributed by atoms with Crippen LogP contribution in [-0.2, 0) is 6.42 Å². The van der Waals surface area contributed by atoms with Gasteiger partial charge in [0.2, 0.25) is 0 Å². The second-order valence-electron chi connectivity index (χ2n) is 5.64. The Morgan fingerprint density at radius 1 is 1.09 bits per heavy atom. The van der Waals surface area contributed by atoms with Gasteiger partial charge in [0, 0.05) is 12.2 Å². The molecule has 0 aliphatic rings. The van der Waals surface area contributed by atoms with Gasteiger partial charge in [-0.2, -0.15) is 0 Å². The Morgan fingerprint density at radius 3 is 2.65 bits per heavy atom. The van der Waals surface area contributed by atoms with Gasteiger partial charge in [-0.15, -0.1) is 0 Å². The highest BCUT2D eigenvalue weighted by atomic mass is 32.1. The number of anilines is 1. The molecule has 0 fully saturated rings.